The lowest BCUT2D eigenvalue weighted by molar-refractivity contribution is -0.325. The Balaban J connectivity index is 1.20. The number of aliphatic carboxylic acids is 2. The second kappa shape index (κ2) is 14.3. The summed E-state index contributed by atoms with van der Waals surface area (Å²) in [7, 11) is 1.71. The molecule has 0 radical (unpaired) electrons. The van der Waals surface area contributed by atoms with Crippen LogP contribution in [0, 0.1) is 55.7 Å². The number of aliphatic hydroxyl groups is 3. The Morgan fingerprint density at radius 2 is 1.67 bits per heavy atom. The lowest BCUT2D eigenvalue weighted by Crippen LogP contribution is -2.70. The lowest BCUT2D eigenvalue weighted by atomic mass is 9.29. The van der Waals surface area contributed by atoms with E-state index in [1.807, 2.05) is 0 Å². The highest BCUT2D eigenvalue weighted by molar-refractivity contribution is 5.79. The molecule has 0 aromatic carbocycles. The summed E-state index contributed by atoms with van der Waals surface area (Å²) in [4.78, 5) is 29.3. The fraction of sp³-hybridized carbons (Fsp3) is 0.787. The predicted octanol–water partition coefficient (Wildman–Crippen LogP) is 6.84. The predicted molar refractivity (Wildman–Crippen MR) is 216 cm³/mol. The van der Waals surface area contributed by atoms with Crippen molar-refractivity contribution in [2.45, 2.75) is 162 Å². The van der Waals surface area contributed by atoms with Crippen LogP contribution in [0.5, 0.6) is 0 Å². The summed E-state index contributed by atoms with van der Waals surface area (Å²) in [6, 6.07) is 0. The van der Waals surface area contributed by atoms with Crippen LogP contribution >= 0.6 is 0 Å². The van der Waals surface area contributed by atoms with Crippen LogP contribution < -0.4 is 0 Å². The number of hydrogen-bond donors (Lipinski definition) is 6. The van der Waals surface area contributed by atoms with E-state index < -0.39 is 65.0 Å². The molecule has 1 saturated heterocycles. The number of aliphatic hydroxyl groups excluding tert-OH is 3. The minimum atomic E-state index is -1.78. The van der Waals surface area contributed by atoms with Crippen LogP contribution in [0.3, 0.4) is 0 Å². The van der Waals surface area contributed by atoms with Crippen molar-refractivity contribution >= 4 is 11.9 Å². The average molecular weight is 808 g/mol. The van der Waals surface area contributed by atoms with Gasteiger partial charge in [0.1, 0.15) is 18.3 Å². The highest BCUT2D eigenvalue weighted by atomic mass is 16.7. The summed E-state index contributed by atoms with van der Waals surface area (Å²) in [5.74, 6) is -1.66. The number of H-pyrrole nitrogens is 1. The number of carboxylic acid groups (broad SMARTS) is 2. The van der Waals surface area contributed by atoms with E-state index in [-0.39, 0.29) is 33.5 Å². The number of hydrogen-bond acceptors (Lipinski definition) is 8. The molecule has 1 spiro atoms. The molecule has 11 nitrogen and oxygen atoms in total. The van der Waals surface area contributed by atoms with Crippen molar-refractivity contribution in [2.75, 3.05) is 13.7 Å². The molecule has 0 amide bonds. The van der Waals surface area contributed by atoms with E-state index in [0.29, 0.717) is 25.4 Å². The van der Waals surface area contributed by atoms with Gasteiger partial charge in [-0.3, -0.25) is 4.79 Å². The van der Waals surface area contributed by atoms with E-state index in [1.165, 1.54) is 16.7 Å². The molecular formula is C47H69NO10. The quantitative estimate of drug-likeness (QED) is 0.108. The van der Waals surface area contributed by atoms with Crippen molar-refractivity contribution in [3.05, 3.63) is 47.3 Å². The van der Waals surface area contributed by atoms with Crippen LogP contribution in [0.15, 0.2) is 36.2 Å². The first kappa shape index (κ1) is 42.2. The topological polar surface area (TPSA) is 179 Å². The number of ether oxygens (including phenoxy) is 3. The van der Waals surface area contributed by atoms with Crippen molar-refractivity contribution in [3.63, 3.8) is 0 Å². The molecule has 15 atom stereocenters. The zero-order chi connectivity index (χ0) is 41.8. The molecular weight excluding hydrogens is 739 g/mol. The number of nitrogens with one attached hydrogen (secondary N) is 1. The van der Waals surface area contributed by atoms with Gasteiger partial charge in [0.2, 0.25) is 0 Å². The normalized spacial score (nSPS) is 47.8. The van der Waals surface area contributed by atoms with Gasteiger partial charge in [-0.2, -0.15) is 0 Å². The monoisotopic (exact) mass is 807 g/mol. The van der Waals surface area contributed by atoms with Crippen LogP contribution in [0.4, 0.5) is 0 Å². The van der Waals surface area contributed by atoms with Gasteiger partial charge >= 0.3 is 11.9 Å². The maximum atomic E-state index is 14.0. The first-order chi connectivity index (χ1) is 27.3. The van der Waals surface area contributed by atoms with Crippen LogP contribution in [-0.2, 0) is 36.6 Å². The number of carboxylic acids is 2. The molecule has 1 aliphatic heterocycles. The second-order valence-corrected chi connectivity index (χ2v) is 21.3. The highest BCUT2D eigenvalue weighted by Gasteiger charge is 2.76. The van der Waals surface area contributed by atoms with Gasteiger partial charge in [0, 0.05) is 30.8 Å². The number of methoxy groups -OCH3 is 1. The van der Waals surface area contributed by atoms with Gasteiger partial charge in [0.25, 0.3) is 0 Å². The third-order valence-corrected chi connectivity index (χ3v) is 18.6. The summed E-state index contributed by atoms with van der Waals surface area (Å²) in [5, 5.41) is 53.3. The Bertz CT molecular complexity index is 1840. The minimum Gasteiger partial charge on any atom is -0.481 e. The Hall–Kier alpha value is -2.54. The molecule has 322 valence electrons. The van der Waals surface area contributed by atoms with E-state index >= 15 is 0 Å². The van der Waals surface area contributed by atoms with E-state index in [1.54, 1.807) is 7.11 Å². The zero-order valence-corrected chi connectivity index (χ0v) is 35.8. The van der Waals surface area contributed by atoms with Gasteiger partial charge in [0.05, 0.1) is 18.1 Å². The van der Waals surface area contributed by atoms with Crippen LogP contribution in [0.25, 0.3) is 0 Å². The number of allylic oxidation sites excluding steroid dienone is 4. The summed E-state index contributed by atoms with van der Waals surface area (Å²) in [5.41, 5.74) is 1.66. The van der Waals surface area contributed by atoms with Gasteiger partial charge in [-0.25, -0.2) is 4.79 Å². The smallest absolute Gasteiger partial charge is 0.335 e. The lowest BCUT2D eigenvalue weighted by Gasteiger charge is -2.74. The van der Waals surface area contributed by atoms with E-state index in [0.717, 1.165) is 70.6 Å². The van der Waals surface area contributed by atoms with E-state index in [2.05, 4.69) is 77.1 Å². The third kappa shape index (κ3) is 5.64. The third-order valence-electron chi connectivity index (χ3n) is 18.6. The highest BCUT2D eigenvalue weighted by Crippen LogP contribution is 2.80. The van der Waals surface area contributed by atoms with Crippen molar-refractivity contribution in [1.29, 1.82) is 0 Å². The van der Waals surface area contributed by atoms with Gasteiger partial charge in [-0.1, -0.05) is 65.3 Å². The van der Waals surface area contributed by atoms with Crippen molar-refractivity contribution in [1.82, 2.24) is 4.98 Å². The van der Waals surface area contributed by atoms with Crippen LogP contribution in [0.2, 0.25) is 0 Å². The largest absolute Gasteiger partial charge is 0.481 e. The molecule has 5 fully saturated rings. The fourth-order valence-electron chi connectivity index (χ4n) is 15.8. The Morgan fingerprint density at radius 3 is 2.36 bits per heavy atom. The molecule has 11 heteroatoms. The number of rotatable bonds is 10. The van der Waals surface area contributed by atoms with Crippen molar-refractivity contribution in [3.8, 4) is 0 Å². The van der Waals surface area contributed by atoms with Crippen LogP contribution in [-0.4, -0.2) is 93.0 Å². The van der Waals surface area contributed by atoms with Gasteiger partial charge in [-0.05, 0) is 134 Å². The number of aryl methyl sites for hydroxylation is 2. The summed E-state index contributed by atoms with van der Waals surface area (Å²) in [6.07, 6.45) is 14.1. The first-order valence-corrected chi connectivity index (χ1v) is 22.1. The Morgan fingerprint density at radius 1 is 0.931 bits per heavy atom. The summed E-state index contributed by atoms with van der Waals surface area (Å²) < 4.78 is 18.1. The van der Waals surface area contributed by atoms with E-state index in [9.17, 15) is 35.1 Å². The molecule has 6 aliphatic carbocycles. The molecule has 6 N–H and O–H groups in total. The van der Waals surface area contributed by atoms with Crippen molar-refractivity contribution in [2.24, 2.45) is 55.7 Å². The minimum absolute atomic E-state index is 0.00316. The van der Waals surface area contributed by atoms with Gasteiger partial charge in [-0.15, -0.1) is 0 Å². The number of carbonyl (C=O) groups is 2. The van der Waals surface area contributed by atoms with Gasteiger partial charge < -0.3 is 44.7 Å². The maximum absolute atomic E-state index is 14.0. The first-order valence-electron chi connectivity index (χ1n) is 22.1. The molecule has 2 heterocycles. The molecule has 58 heavy (non-hydrogen) atoms. The second-order valence-electron chi connectivity index (χ2n) is 21.3. The molecule has 7 aliphatic rings. The molecule has 4 saturated carbocycles. The standard InChI is InChI=1S/C47H69NO10/c1-8-27-23-48-24-28(27)12-18-45-19-14-33(57-39-36(51)34(49)35(50)37(58-39)38(52)53)41(2,3)30(45)13-17-43(5)31(45)10-11-32-44(43,6)20-21-47(40(54)55)29(25-56-7)22-42(4)15-9-16-46(32,47)26-42/h9,11,16,23-24,29-31,33-37,39,48-51H,8,10,12-15,17-22,25-26H2,1-7H3,(H,52,53)(H,54,55). The molecule has 1 aromatic rings. The van der Waals surface area contributed by atoms with E-state index in [4.69, 9.17) is 14.2 Å². The maximum Gasteiger partial charge on any atom is 0.335 e. The molecule has 15 unspecified atom stereocenters. The number of aromatic nitrogens is 1. The molecule has 2 bridgehead atoms. The van der Waals surface area contributed by atoms with Gasteiger partial charge in [0.15, 0.2) is 12.4 Å². The summed E-state index contributed by atoms with van der Waals surface area (Å²) >= 11 is 0. The number of aromatic amines is 1. The number of fused-ring (bicyclic) bond motifs is 6. The SMILES string of the molecule is CCc1c[nH]cc1CCC12CCC(OC3OC(C(=O)O)C(O)C(O)C3O)C(C)(C)C1CCC1(C)C2CC=C2C1(C)CCC1(C(=O)O)C(COC)CC3(C)CC=CC21C3. The average Bonchev–Trinajstić information content (AvgIpc) is 3.62. The Labute approximate surface area is 344 Å². The van der Waals surface area contributed by atoms with Crippen molar-refractivity contribution < 1.29 is 49.3 Å². The van der Waals surface area contributed by atoms with Crippen LogP contribution in [0.1, 0.15) is 123 Å². The fourth-order valence-corrected chi connectivity index (χ4v) is 15.8. The molecule has 1 aromatic heterocycles. The molecule has 8 rings (SSSR count). The summed E-state index contributed by atoms with van der Waals surface area (Å²) in [6.45, 7) is 14.5. The zero-order valence-electron chi connectivity index (χ0n) is 35.8. The Kier molecular flexibility index (Phi) is 10.4.